The molecule has 2 saturated heterocycles. The van der Waals surface area contributed by atoms with E-state index in [0.29, 0.717) is 31.2 Å². The van der Waals surface area contributed by atoms with Gasteiger partial charge in [-0.15, -0.1) is 0 Å². The largest absolute Gasteiger partial charge is 0.316 e. The van der Waals surface area contributed by atoms with Crippen LogP contribution in [-0.2, 0) is 9.59 Å². The number of nitrogens with one attached hydrogen (secondary N) is 1. The number of likely N-dealkylation sites (tertiary alicyclic amines) is 1. The van der Waals surface area contributed by atoms with Gasteiger partial charge in [-0.25, -0.2) is 0 Å². The lowest BCUT2D eigenvalue weighted by atomic mass is 9.87. The van der Waals surface area contributed by atoms with Gasteiger partial charge in [-0.1, -0.05) is 6.92 Å². The Morgan fingerprint density at radius 2 is 2.00 bits per heavy atom. The van der Waals surface area contributed by atoms with Gasteiger partial charge in [0.15, 0.2) is 0 Å². The highest BCUT2D eigenvalue weighted by Gasteiger charge is 2.30. The van der Waals surface area contributed by atoms with Crippen molar-refractivity contribution in [1.82, 2.24) is 10.2 Å². The number of rotatable bonds is 2. The first-order valence-corrected chi connectivity index (χ1v) is 6.22. The quantitative estimate of drug-likeness (QED) is 0.705. The highest BCUT2D eigenvalue weighted by molar-refractivity contribution is 5.97. The Morgan fingerprint density at radius 3 is 2.62 bits per heavy atom. The fraction of sp³-hybridized carbons (Fsp3) is 0.833. The van der Waals surface area contributed by atoms with E-state index < -0.39 is 0 Å². The Morgan fingerprint density at radius 1 is 1.31 bits per heavy atom. The minimum absolute atomic E-state index is 0.0222. The molecule has 2 amide bonds. The zero-order valence-electron chi connectivity index (χ0n) is 9.87. The Hall–Kier alpha value is -0.900. The Bertz CT molecular complexity index is 275. The molecular formula is C12H20N2O2. The van der Waals surface area contributed by atoms with E-state index in [9.17, 15) is 9.59 Å². The van der Waals surface area contributed by atoms with Crippen molar-refractivity contribution in [3.05, 3.63) is 0 Å². The van der Waals surface area contributed by atoms with Crippen LogP contribution in [0.1, 0.15) is 32.6 Å². The van der Waals surface area contributed by atoms with Gasteiger partial charge >= 0.3 is 0 Å². The molecule has 0 aromatic rings. The van der Waals surface area contributed by atoms with E-state index in [2.05, 4.69) is 12.2 Å². The predicted octanol–water partition coefficient (Wildman–Crippen LogP) is 0.771. The molecule has 0 spiro atoms. The second-order valence-corrected chi connectivity index (χ2v) is 4.98. The summed E-state index contributed by atoms with van der Waals surface area (Å²) < 4.78 is 0. The monoisotopic (exact) mass is 224 g/mol. The van der Waals surface area contributed by atoms with Crippen molar-refractivity contribution >= 4 is 11.8 Å². The first-order chi connectivity index (χ1) is 7.68. The molecule has 0 bridgehead atoms. The predicted molar refractivity (Wildman–Crippen MR) is 60.7 cm³/mol. The smallest absolute Gasteiger partial charge is 0.229 e. The SMILES string of the molecule is CC1CCNCC1CN1C(=O)CCCC1=O. The lowest BCUT2D eigenvalue weighted by Gasteiger charge is -2.34. The minimum atomic E-state index is 0.0222. The standard InChI is InChI=1S/C12H20N2O2/c1-9-5-6-13-7-10(9)8-14-11(15)3-2-4-12(14)16/h9-10,13H,2-8H2,1H3. The molecule has 0 saturated carbocycles. The van der Waals surface area contributed by atoms with Gasteiger partial charge in [0.2, 0.25) is 11.8 Å². The van der Waals surface area contributed by atoms with Crippen molar-refractivity contribution in [2.75, 3.05) is 19.6 Å². The lowest BCUT2D eigenvalue weighted by molar-refractivity contribution is -0.149. The molecule has 1 N–H and O–H groups in total. The van der Waals surface area contributed by atoms with Crippen LogP contribution in [0, 0.1) is 11.8 Å². The van der Waals surface area contributed by atoms with Gasteiger partial charge in [0.05, 0.1) is 0 Å². The number of carbonyl (C=O) groups is 2. The Balaban J connectivity index is 1.96. The Labute approximate surface area is 96.4 Å². The van der Waals surface area contributed by atoms with Crippen LogP contribution < -0.4 is 5.32 Å². The highest BCUT2D eigenvalue weighted by Crippen LogP contribution is 2.22. The van der Waals surface area contributed by atoms with Gasteiger partial charge in [-0.2, -0.15) is 0 Å². The summed E-state index contributed by atoms with van der Waals surface area (Å²) in [4.78, 5) is 24.8. The summed E-state index contributed by atoms with van der Waals surface area (Å²) in [5.74, 6) is 1.08. The number of amides is 2. The summed E-state index contributed by atoms with van der Waals surface area (Å²) >= 11 is 0. The van der Waals surface area contributed by atoms with Gasteiger partial charge in [0.1, 0.15) is 0 Å². The normalized spacial score (nSPS) is 31.9. The molecule has 16 heavy (non-hydrogen) atoms. The molecule has 2 unspecified atom stereocenters. The van der Waals surface area contributed by atoms with Gasteiger partial charge in [-0.3, -0.25) is 14.5 Å². The maximum absolute atomic E-state index is 11.7. The molecule has 4 nitrogen and oxygen atoms in total. The van der Waals surface area contributed by atoms with Crippen LogP contribution in [0.15, 0.2) is 0 Å². The van der Waals surface area contributed by atoms with Crippen molar-refractivity contribution in [3.63, 3.8) is 0 Å². The molecular weight excluding hydrogens is 204 g/mol. The fourth-order valence-corrected chi connectivity index (χ4v) is 2.54. The van der Waals surface area contributed by atoms with Gasteiger partial charge < -0.3 is 5.32 Å². The molecule has 2 fully saturated rings. The second-order valence-electron chi connectivity index (χ2n) is 4.98. The van der Waals surface area contributed by atoms with Crippen LogP contribution >= 0.6 is 0 Å². The number of carbonyl (C=O) groups excluding carboxylic acids is 2. The van der Waals surface area contributed by atoms with Crippen molar-refractivity contribution < 1.29 is 9.59 Å². The van der Waals surface area contributed by atoms with Crippen molar-refractivity contribution in [2.45, 2.75) is 32.6 Å². The van der Waals surface area contributed by atoms with E-state index in [-0.39, 0.29) is 11.8 Å². The number of piperidine rings is 2. The van der Waals surface area contributed by atoms with Crippen LogP contribution in [0.3, 0.4) is 0 Å². The average Bonchev–Trinajstić information content (AvgIpc) is 2.26. The molecule has 90 valence electrons. The molecule has 2 rings (SSSR count). The summed E-state index contributed by atoms with van der Waals surface area (Å²) in [5, 5.41) is 3.34. The van der Waals surface area contributed by atoms with E-state index in [4.69, 9.17) is 0 Å². The third-order valence-corrected chi connectivity index (χ3v) is 3.79. The van der Waals surface area contributed by atoms with Gasteiger partial charge in [0.25, 0.3) is 0 Å². The van der Waals surface area contributed by atoms with Crippen molar-refractivity contribution in [2.24, 2.45) is 11.8 Å². The topological polar surface area (TPSA) is 49.4 Å². The van der Waals surface area contributed by atoms with E-state index in [1.54, 1.807) is 0 Å². The van der Waals surface area contributed by atoms with E-state index >= 15 is 0 Å². The number of hydrogen-bond acceptors (Lipinski definition) is 3. The van der Waals surface area contributed by atoms with E-state index in [1.165, 1.54) is 4.90 Å². The second kappa shape index (κ2) is 4.95. The molecule has 2 aliphatic rings. The Kier molecular flexibility index (Phi) is 3.59. The summed E-state index contributed by atoms with van der Waals surface area (Å²) in [5.41, 5.74) is 0. The molecule has 2 atom stereocenters. The number of imide groups is 1. The molecule has 2 heterocycles. The lowest BCUT2D eigenvalue weighted by Crippen LogP contribution is -2.48. The third kappa shape index (κ3) is 2.43. The summed E-state index contributed by atoms with van der Waals surface area (Å²) in [6.45, 7) is 4.81. The molecule has 4 heteroatoms. The maximum atomic E-state index is 11.7. The summed E-state index contributed by atoms with van der Waals surface area (Å²) in [6, 6.07) is 0. The summed E-state index contributed by atoms with van der Waals surface area (Å²) in [7, 11) is 0. The number of nitrogens with zero attached hydrogens (tertiary/aromatic N) is 1. The zero-order valence-corrected chi connectivity index (χ0v) is 9.87. The van der Waals surface area contributed by atoms with Crippen LogP contribution in [0.5, 0.6) is 0 Å². The van der Waals surface area contributed by atoms with Crippen molar-refractivity contribution in [1.29, 1.82) is 0 Å². The van der Waals surface area contributed by atoms with Crippen molar-refractivity contribution in [3.8, 4) is 0 Å². The first kappa shape index (κ1) is 11.6. The fourth-order valence-electron chi connectivity index (χ4n) is 2.54. The molecule has 0 radical (unpaired) electrons. The van der Waals surface area contributed by atoms with Gasteiger partial charge in [-0.05, 0) is 37.8 Å². The summed E-state index contributed by atoms with van der Waals surface area (Å²) in [6.07, 6.45) is 2.95. The first-order valence-electron chi connectivity index (χ1n) is 6.22. The molecule has 0 aliphatic carbocycles. The van der Waals surface area contributed by atoms with Gasteiger partial charge in [0, 0.05) is 19.4 Å². The zero-order chi connectivity index (χ0) is 11.5. The van der Waals surface area contributed by atoms with Crippen LogP contribution in [-0.4, -0.2) is 36.3 Å². The van der Waals surface area contributed by atoms with E-state index in [1.807, 2.05) is 0 Å². The molecule has 0 aromatic carbocycles. The maximum Gasteiger partial charge on any atom is 0.229 e. The van der Waals surface area contributed by atoms with Crippen LogP contribution in [0.2, 0.25) is 0 Å². The molecule has 0 aromatic heterocycles. The highest BCUT2D eigenvalue weighted by atomic mass is 16.2. The van der Waals surface area contributed by atoms with Crippen LogP contribution in [0.4, 0.5) is 0 Å². The third-order valence-electron chi connectivity index (χ3n) is 3.79. The number of hydrogen-bond donors (Lipinski definition) is 1. The van der Waals surface area contributed by atoms with E-state index in [0.717, 1.165) is 25.9 Å². The minimum Gasteiger partial charge on any atom is -0.316 e. The molecule has 2 aliphatic heterocycles. The average molecular weight is 224 g/mol. The van der Waals surface area contributed by atoms with Crippen LogP contribution in [0.25, 0.3) is 0 Å².